The molecule has 108 valence electrons. The van der Waals surface area contributed by atoms with E-state index in [0.29, 0.717) is 18.2 Å². The van der Waals surface area contributed by atoms with Gasteiger partial charge in [-0.2, -0.15) is 4.37 Å². The number of morpholine rings is 1. The van der Waals surface area contributed by atoms with Crippen LogP contribution in [0.15, 0.2) is 4.90 Å². The first-order valence-corrected chi connectivity index (χ1v) is 8.65. The lowest BCUT2D eigenvalue weighted by Crippen LogP contribution is -2.47. The number of hydrogen-bond acceptors (Lipinski definition) is 7. The van der Waals surface area contributed by atoms with Crippen LogP contribution < -0.4 is 10.6 Å². The first-order valence-electron chi connectivity index (χ1n) is 6.23. The predicted octanol–water partition coefficient (Wildman–Crippen LogP) is 1.13. The Morgan fingerprint density at radius 1 is 1.53 bits per heavy atom. The number of rotatable bonds is 3. The molecule has 2 rings (SSSR count). The van der Waals surface area contributed by atoms with Crippen molar-refractivity contribution in [1.82, 2.24) is 4.37 Å². The Morgan fingerprint density at radius 2 is 2.21 bits per heavy atom. The average molecular weight is 305 g/mol. The van der Waals surface area contributed by atoms with Crippen molar-refractivity contribution in [1.29, 1.82) is 0 Å². The Hall–Kier alpha value is -0.860. The first kappa shape index (κ1) is 14.5. The molecule has 1 saturated heterocycles. The maximum atomic E-state index is 12.2. The zero-order valence-electron chi connectivity index (χ0n) is 11.3. The molecule has 0 aromatic carbocycles. The number of nitrogens with two attached hydrogens (primary N) is 1. The van der Waals surface area contributed by atoms with Crippen LogP contribution in [-0.2, 0) is 14.6 Å². The van der Waals surface area contributed by atoms with Gasteiger partial charge in [0.25, 0.3) is 0 Å². The minimum absolute atomic E-state index is 0.0247. The SMILES string of the molecule is CCS(=O)(=O)c1c(N)nsc1N1CC(C)OCC1C. The van der Waals surface area contributed by atoms with Crippen LogP contribution in [0.25, 0.3) is 0 Å². The van der Waals surface area contributed by atoms with E-state index >= 15 is 0 Å². The van der Waals surface area contributed by atoms with Crippen molar-refractivity contribution < 1.29 is 13.2 Å². The molecule has 1 aromatic rings. The summed E-state index contributed by atoms with van der Waals surface area (Å²) < 4.78 is 33.9. The predicted molar refractivity (Wildman–Crippen MR) is 76.5 cm³/mol. The van der Waals surface area contributed by atoms with Crippen molar-refractivity contribution in [2.45, 2.75) is 37.8 Å². The molecule has 1 aliphatic rings. The highest BCUT2D eigenvalue weighted by Gasteiger charge is 2.32. The van der Waals surface area contributed by atoms with Gasteiger partial charge in [-0.25, -0.2) is 8.42 Å². The van der Waals surface area contributed by atoms with Gasteiger partial charge in [-0.1, -0.05) is 6.92 Å². The minimum Gasteiger partial charge on any atom is -0.382 e. The van der Waals surface area contributed by atoms with E-state index in [9.17, 15) is 8.42 Å². The molecule has 2 atom stereocenters. The van der Waals surface area contributed by atoms with Crippen LogP contribution in [0.1, 0.15) is 20.8 Å². The molecule has 1 aliphatic heterocycles. The van der Waals surface area contributed by atoms with Gasteiger partial charge in [-0.05, 0) is 25.4 Å². The van der Waals surface area contributed by atoms with Gasteiger partial charge < -0.3 is 15.4 Å². The second kappa shape index (κ2) is 5.26. The second-order valence-electron chi connectivity index (χ2n) is 4.75. The molecule has 2 heterocycles. The maximum absolute atomic E-state index is 12.2. The van der Waals surface area contributed by atoms with Crippen LogP contribution >= 0.6 is 11.5 Å². The zero-order chi connectivity index (χ0) is 14.2. The van der Waals surface area contributed by atoms with E-state index in [2.05, 4.69) is 4.37 Å². The lowest BCUT2D eigenvalue weighted by molar-refractivity contribution is 0.0345. The van der Waals surface area contributed by atoms with Crippen molar-refractivity contribution in [3.05, 3.63) is 0 Å². The van der Waals surface area contributed by atoms with Gasteiger partial charge in [0, 0.05) is 6.54 Å². The van der Waals surface area contributed by atoms with Gasteiger partial charge >= 0.3 is 0 Å². The van der Waals surface area contributed by atoms with Gasteiger partial charge in [-0.3, -0.25) is 0 Å². The van der Waals surface area contributed by atoms with E-state index in [1.807, 2.05) is 18.7 Å². The largest absolute Gasteiger partial charge is 0.382 e. The third kappa shape index (κ3) is 2.70. The molecule has 1 aromatic heterocycles. The number of ether oxygens (including phenoxy) is 1. The number of hydrogen-bond donors (Lipinski definition) is 1. The standard InChI is InChI=1S/C11H19N3O3S2/c1-4-19(15,16)9-10(12)13-18-11(9)14-5-8(3)17-6-7(14)2/h7-8H,4-6H2,1-3H3,(H2,12,13). The average Bonchev–Trinajstić information content (AvgIpc) is 2.75. The highest BCUT2D eigenvalue weighted by Crippen LogP contribution is 2.37. The first-order chi connectivity index (χ1) is 8.86. The van der Waals surface area contributed by atoms with Crippen LogP contribution in [0.3, 0.4) is 0 Å². The van der Waals surface area contributed by atoms with E-state index in [1.54, 1.807) is 6.92 Å². The Bertz CT molecular complexity index is 556. The molecule has 0 aliphatic carbocycles. The minimum atomic E-state index is -3.37. The van der Waals surface area contributed by atoms with E-state index < -0.39 is 9.84 Å². The van der Waals surface area contributed by atoms with Gasteiger partial charge in [-0.15, -0.1) is 0 Å². The zero-order valence-corrected chi connectivity index (χ0v) is 12.9. The molecule has 19 heavy (non-hydrogen) atoms. The molecule has 0 spiro atoms. The van der Waals surface area contributed by atoms with Gasteiger partial charge in [0.15, 0.2) is 15.7 Å². The summed E-state index contributed by atoms with van der Waals surface area (Å²) in [5.41, 5.74) is 5.75. The molecule has 6 nitrogen and oxygen atoms in total. The Morgan fingerprint density at radius 3 is 2.84 bits per heavy atom. The summed E-state index contributed by atoms with van der Waals surface area (Å²) in [6, 6.07) is 0.113. The summed E-state index contributed by atoms with van der Waals surface area (Å²) in [5, 5.41) is 0.641. The van der Waals surface area contributed by atoms with Crippen LogP contribution in [0.4, 0.5) is 10.8 Å². The second-order valence-corrected chi connectivity index (χ2v) is 7.72. The molecule has 0 bridgehead atoms. The molecule has 2 N–H and O–H groups in total. The lowest BCUT2D eigenvalue weighted by Gasteiger charge is -2.37. The fourth-order valence-electron chi connectivity index (χ4n) is 2.09. The van der Waals surface area contributed by atoms with Crippen molar-refractivity contribution in [3.63, 3.8) is 0 Å². The van der Waals surface area contributed by atoms with E-state index in [0.717, 1.165) is 11.5 Å². The highest BCUT2D eigenvalue weighted by molar-refractivity contribution is 7.91. The number of nitrogen functional groups attached to an aromatic ring is 1. The van der Waals surface area contributed by atoms with Crippen LogP contribution in [-0.4, -0.2) is 43.8 Å². The highest BCUT2D eigenvalue weighted by atomic mass is 32.2. The topological polar surface area (TPSA) is 85.5 Å². The van der Waals surface area contributed by atoms with Crippen molar-refractivity contribution in [2.24, 2.45) is 0 Å². The van der Waals surface area contributed by atoms with Crippen LogP contribution in [0, 0.1) is 0 Å². The van der Waals surface area contributed by atoms with Crippen molar-refractivity contribution >= 4 is 32.2 Å². The van der Waals surface area contributed by atoms with E-state index in [1.165, 1.54) is 0 Å². The van der Waals surface area contributed by atoms with Gasteiger partial charge in [0.05, 0.1) is 24.5 Å². The van der Waals surface area contributed by atoms with Crippen LogP contribution in [0.2, 0.25) is 0 Å². The third-order valence-corrected chi connectivity index (χ3v) is 6.03. The molecule has 0 radical (unpaired) electrons. The van der Waals surface area contributed by atoms with Crippen molar-refractivity contribution in [3.8, 4) is 0 Å². The summed E-state index contributed by atoms with van der Waals surface area (Å²) in [4.78, 5) is 2.21. The molecule has 2 unspecified atom stereocenters. The fraction of sp³-hybridized carbons (Fsp3) is 0.727. The monoisotopic (exact) mass is 305 g/mol. The van der Waals surface area contributed by atoms with Gasteiger partial charge in [0.1, 0.15) is 9.90 Å². The van der Waals surface area contributed by atoms with E-state index in [4.69, 9.17) is 10.5 Å². The third-order valence-electron chi connectivity index (χ3n) is 3.22. The molecular weight excluding hydrogens is 286 g/mol. The lowest BCUT2D eigenvalue weighted by atomic mass is 10.2. The number of sulfone groups is 1. The normalized spacial score (nSPS) is 24.7. The molecule has 1 fully saturated rings. The fourth-order valence-corrected chi connectivity index (χ4v) is 4.50. The Kier molecular flexibility index (Phi) is 4.03. The quantitative estimate of drug-likeness (QED) is 0.901. The summed E-state index contributed by atoms with van der Waals surface area (Å²) in [7, 11) is -3.37. The van der Waals surface area contributed by atoms with E-state index in [-0.39, 0.29) is 28.6 Å². The molecule has 8 heteroatoms. The smallest absolute Gasteiger partial charge is 0.184 e. The maximum Gasteiger partial charge on any atom is 0.184 e. The van der Waals surface area contributed by atoms with Crippen molar-refractivity contribution in [2.75, 3.05) is 29.5 Å². The molecule has 0 saturated carbocycles. The number of aromatic nitrogens is 1. The van der Waals surface area contributed by atoms with Crippen LogP contribution in [0.5, 0.6) is 0 Å². The molecule has 0 amide bonds. The van der Waals surface area contributed by atoms with Gasteiger partial charge in [0.2, 0.25) is 0 Å². The Balaban J connectivity index is 2.46. The summed E-state index contributed by atoms with van der Waals surface area (Å²) in [6.45, 7) is 6.81. The summed E-state index contributed by atoms with van der Waals surface area (Å²) in [5.74, 6) is 0.130. The molecular formula is C11H19N3O3S2. The Labute approximate surface area is 117 Å². The number of nitrogens with zero attached hydrogens (tertiary/aromatic N) is 2. The summed E-state index contributed by atoms with van der Waals surface area (Å²) >= 11 is 1.15. The summed E-state index contributed by atoms with van der Waals surface area (Å²) in [6.07, 6.45) is 0.0664. The number of anilines is 2.